The number of amides is 2. The lowest BCUT2D eigenvalue weighted by atomic mass is 10.2. The van der Waals surface area contributed by atoms with E-state index in [9.17, 15) is 9.59 Å². The van der Waals surface area contributed by atoms with Crippen molar-refractivity contribution in [1.82, 2.24) is 19.6 Å². The molecular weight excluding hydrogens is 332 g/mol. The maximum Gasteiger partial charge on any atom is 0.273 e. The maximum absolute atomic E-state index is 12.4. The number of carbonyl (C=O) groups excluding carboxylic acids is 2. The number of hydrogen-bond acceptors (Lipinski definition) is 4. The zero-order valence-corrected chi connectivity index (χ0v) is 14.6. The predicted octanol–water partition coefficient (Wildman–Crippen LogP) is 2.62. The first kappa shape index (κ1) is 17.4. The van der Waals surface area contributed by atoms with Crippen LogP contribution < -0.4 is 10.6 Å². The highest BCUT2D eigenvalue weighted by molar-refractivity contribution is 6.05. The van der Waals surface area contributed by atoms with Crippen LogP contribution in [-0.2, 0) is 13.1 Å². The summed E-state index contributed by atoms with van der Waals surface area (Å²) in [6.07, 6.45) is 3.18. The summed E-state index contributed by atoms with van der Waals surface area (Å²) in [5.41, 5.74) is 2.13. The Balaban J connectivity index is 1.72. The number of anilines is 2. The molecule has 0 aliphatic rings. The lowest BCUT2D eigenvalue weighted by Gasteiger charge is -2.10. The van der Waals surface area contributed by atoms with Crippen molar-refractivity contribution in [3.8, 4) is 0 Å². The average Bonchev–Trinajstić information content (AvgIpc) is 3.30. The number of hydrogen-bond donors (Lipinski definition) is 2. The van der Waals surface area contributed by atoms with Gasteiger partial charge in [-0.25, -0.2) is 0 Å². The molecule has 0 fully saturated rings. The van der Waals surface area contributed by atoms with E-state index >= 15 is 0 Å². The average molecular weight is 352 g/mol. The summed E-state index contributed by atoms with van der Waals surface area (Å²) in [5, 5.41) is 13.8. The fourth-order valence-corrected chi connectivity index (χ4v) is 2.62. The summed E-state index contributed by atoms with van der Waals surface area (Å²) in [4.78, 5) is 24.8. The monoisotopic (exact) mass is 352 g/mol. The minimum Gasteiger partial charge on any atom is -0.321 e. The number of benzene rings is 1. The largest absolute Gasteiger partial charge is 0.321 e. The first-order valence-corrected chi connectivity index (χ1v) is 8.38. The van der Waals surface area contributed by atoms with Crippen LogP contribution in [-0.4, -0.2) is 31.4 Å². The van der Waals surface area contributed by atoms with Crippen LogP contribution in [0.3, 0.4) is 0 Å². The Morgan fingerprint density at radius 3 is 1.73 bits per heavy atom. The maximum atomic E-state index is 12.4. The van der Waals surface area contributed by atoms with E-state index in [4.69, 9.17) is 0 Å². The van der Waals surface area contributed by atoms with Crippen molar-refractivity contribution in [2.45, 2.75) is 26.9 Å². The predicted molar refractivity (Wildman–Crippen MR) is 98.2 cm³/mol. The van der Waals surface area contributed by atoms with E-state index in [1.807, 2.05) is 13.8 Å². The molecule has 0 unspecified atom stereocenters. The topological polar surface area (TPSA) is 93.8 Å². The highest BCUT2D eigenvalue weighted by atomic mass is 16.2. The normalized spacial score (nSPS) is 10.5. The van der Waals surface area contributed by atoms with Gasteiger partial charge in [-0.2, -0.15) is 10.2 Å². The van der Waals surface area contributed by atoms with Gasteiger partial charge in [0, 0.05) is 36.9 Å². The molecule has 3 rings (SSSR count). The molecular formula is C18H20N6O2. The zero-order valence-electron chi connectivity index (χ0n) is 14.6. The van der Waals surface area contributed by atoms with Crippen molar-refractivity contribution in [3.05, 3.63) is 60.2 Å². The van der Waals surface area contributed by atoms with Gasteiger partial charge in [-0.05, 0) is 44.2 Å². The third-order valence-corrected chi connectivity index (χ3v) is 3.88. The molecule has 0 radical (unpaired) electrons. The number of nitrogens with zero attached hydrogens (tertiary/aromatic N) is 4. The highest BCUT2D eigenvalue weighted by Gasteiger charge is 2.13. The van der Waals surface area contributed by atoms with Gasteiger partial charge in [0.15, 0.2) is 0 Å². The van der Waals surface area contributed by atoms with Crippen LogP contribution in [0.4, 0.5) is 11.4 Å². The zero-order chi connectivity index (χ0) is 18.5. The molecule has 3 aromatic rings. The molecule has 0 spiro atoms. The van der Waals surface area contributed by atoms with Crippen LogP contribution in [0, 0.1) is 0 Å². The Morgan fingerprint density at radius 1 is 0.846 bits per heavy atom. The Bertz CT molecular complexity index is 856. The second-order valence-corrected chi connectivity index (χ2v) is 5.55. The number of aromatic nitrogens is 4. The quantitative estimate of drug-likeness (QED) is 0.713. The Hall–Kier alpha value is -3.42. The van der Waals surface area contributed by atoms with E-state index in [0.29, 0.717) is 35.9 Å². The fraction of sp³-hybridized carbons (Fsp3) is 0.222. The molecule has 0 saturated heterocycles. The molecule has 8 heteroatoms. The summed E-state index contributed by atoms with van der Waals surface area (Å²) >= 11 is 0. The van der Waals surface area contributed by atoms with Crippen molar-refractivity contribution < 1.29 is 9.59 Å². The van der Waals surface area contributed by atoms with Gasteiger partial charge in [0.25, 0.3) is 11.8 Å². The van der Waals surface area contributed by atoms with Crippen molar-refractivity contribution >= 4 is 23.2 Å². The van der Waals surface area contributed by atoms with Crippen molar-refractivity contribution in [2.75, 3.05) is 10.6 Å². The molecule has 0 aliphatic carbocycles. The van der Waals surface area contributed by atoms with Gasteiger partial charge in [-0.1, -0.05) is 6.07 Å². The lowest BCUT2D eigenvalue weighted by Crippen LogP contribution is -2.18. The van der Waals surface area contributed by atoms with Gasteiger partial charge in [-0.15, -0.1) is 0 Å². The Labute approximate surface area is 150 Å². The van der Waals surface area contributed by atoms with Gasteiger partial charge in [0.2, 0.25) is 0 Å². The molecule has 26 heavy (non-hydrogen) atoms. The molecule has 0 saturated carbocycles. The van der Waals surface area contributed by atoms with E-state index in [2.05, 4.69) is 20.8 Å². The van der Waals surface area contributed by atoms with Crippen LogP contribution >= 0.6 is 0 Å². The van der Waals surface area contributed by atoms with E-state index < -0.39 is 0 Å². The second kappa shape index (κ2) is 7.64. The third kappa shape index (κ3) is 3.64. The molecule has 2 aromatic heterocycles. The van der Waals surface area contributed by atoms with E-state index in [0.717, 1.165) is 0 Å². The standard InChI is InChI=1S/C18H20N6O2/c1-3-23-15(8-10-19-23)17(25)21-13-6-5-7-14(12-13)22-18(26)16-9-11-20-24(16)4-2/h5-12H,3-4H2,1-2H3,(H,21,25)(H,22,26). The third-order valence-electron chi connectivity index (χ3n) is 3.88. The number of aryl methyl sites for hydroxylation is 2. The lowest BCUT2D eigenvalue weighted by molar-refractivity contribution is 0.100. The van der Waals surface area contributed by atoms with Crippen LogP contribution in [0.25, 0.3) is 0 Å². The van der Waals surface area contributed by atoms with Gasteiger partial charge < -0.3 is 10.6 Å². The molecule has 2 N–H and O–H groups in total. The van der Waals surface area contributed by atoms with Gasteiger partial charge in [-0.3, -0.25) is 19.0 Å². The summed E-state index contributed by atoms with van der Waals surface area (Å²) < 4.78 is 3.24. The van der Waals surface area contributed by atoms with Crippen molar-refractivity contribution in [1.29, 1.82) is 0 Å². The highest BCUT2D eigenvalue weighted by Crippen LogP contribution is 2.17. The fourth-order valence-electron chi connectivity index (χ4n) is 2.62. The second-order valence-electron chi connectivity index (χ2n) is 5.55. The van der Waals surface area contributed by atoms with Crippen LogP contribution in [0.15, 0.2) is 48.8 Å². The van der Waals surface area contributed by atoms with E-state index in [1.54, 1.807) is 58.2 Å². The minimum absolute atomic E-state index is 0.253. The van der Waals surface area contributed by atoms with Gasteiger partial charge in [0.1, 0.15) is 11.4 Å². The minimum atomic E-state index is -0.253. The Morgan fingerprint density at radius 2 is 1.31 bits per heavy atom. The molecule has 0 atom stereocenters. The van der Waals surface area contributed by atoms with Crippen LogP contribution in [0.2, 0.25) is 0 Å². The molecule has 2 heterocycles. The summed E-state index contributed by atoms with van der Waals surface area (Å²) in [7, 11) is 0. The first-order valence-electron chi connectivity index (χ1n) is 8.38. The summed E-state index contributed by atoms with van der Waals surface area (Å²) in [6, 6.07) is 10.3. The molecule has 2 amide bonds. The van der Waals surface area contributed by atoms with E-state index in [-0.39, 0.29) is 11.8 Å². The molecule has 1 aromatic carbocycles. The molecule has 134 valence electrons. The van der Waals surface area contributed by atoms with Gasteiger partial charge in [0.05, 0.1) is 0 Å². The first-order chi connectivity index (χ1) is 12.6. The number of rotatable bonds is 6. The molecule has 0 aliphatic heterocycles. The molecule has 0 bridgehead atoms. The van der Waals surface area contributed by atoms with Crippen molar-refractivity contribution in [3.63, 3.8) is 0 Å². The SMILES string of the molecule is CCn1nccc1C(=O)Nc1cccc(NC(=O)c2ccnn2CC)c1. The smallest absolute Gasteiger partial charge is 0.273 e. The summed E-state index contributed by atoms with van der Waals surface area (Å²) in [5.74, 6) is -0.506. The van der Waals surface area contributed by atoms with Crippen LogP contribution in [0.5, 0.6) is 0 Å². The molecule has 8 nitrogen and oxygen atoms in total. The van der Waals surface area contributed by atoms with Crippen LogP contribution in [0.1, 0.15) is 34.8 Å². The van der Waals surface area contributed by atoms with Gasteiger partial charge >= 0.3 is 0 Å². The van der Waals surface area contributed by atoms with E-state index in [1.165, 1.54) is 0 Å². The Kier molecular flexibility index (Phi) is 5.12. The number of carbonyl (C=O) groups is 2. The van der Waals surface area contributed by atoms with Crippen molar-refractivity contribution in [2.24, 2.45) is 0 Å². The summed E-state index contributed by atoms with van der Waals surface area (Å²) in [6.45, 7) is 5.05. The number of nitrogens with one attached hydrogen (secondary N) is 2.